The monoisotopic (exact) mass is 565 g/mol. The molecule has 3 aromatic carbocycles. The first-order valence-electron chi connectivity index (χ1n) is 12.8. The van der Waals surface area contributed by atoms with Gasteiger partial charge in [0.05, 0.1) is 11.1 Å². The van der Waals surface area contributed by atoms with E-state index in [9.17, 15) is 19.2 Å². The first kappa shape index (κ1) is 28.3. The topological polar surface area (TPSA) is 86.8 Å². The van der Waals surface area contributed by atoms with E-state index in [1.54, 1.807) is 42.5 Å². The normalized spacial score (nSPS) is 13.3. The predicted molar refractivity (Wildman–Crippen MR) is 151 cm³/mol. The minimum absolute atomic E-state index is 0.0141. The first-order valence-corrected chi connectivity index (χ1v) is 13.6. The molecule has 1 aliphatic rings. The molecule has 1 heterocycles. The van der Waals surface area contributed by atoms with Crippen molar-refractivity contribution >= 4 is 46.8 Å². The third-order valence-electron chi connectivity index (χ3n) is 6.66. The van der Waals surface area contributed by atoms with Gasteiger partial charge in [-0.2, -0.15) is 0 Å². The van der Waals surface area contributed by atoms with Crippen LogP contribution in [-0.2, 0) is 22.6 Å². The van der Waals surface area contributed by atoms with E-state index in [-0.39, 0.29) is 49.6 Å². The lowest BCUT2D eigenvalue weighted by atomic mass is 10.0. The van der Waals surface area contributed by atoms with Crippen LogP contribution in [0.5, 0.6) is 0 Å². The van der Waals surface area contributed by atoms with Crippen molar-refractivity contribution in [2.75, 3.05) is 13.1 Å². The second kappa shape index (κ2) is 12.9. The molecule has 1 aliphatic heterocycles. The molecule has 0 fully saturated rings. The third kappa shape index (κ3) is 6.49. The van der Waals surface area contributed by atoms with Crippen molar-refractivity contribution in [2.24, 2.45) is 0 Å². The number of carbonyl (C=O) groups is 4. The van der Waals surface area contributed by atoms with Crippen molar-refractivity contribution < 1.29 is 19.2 Å². The Morgan fingerprint density at radius 2 is 1.46 bits per heavy atom. The number of rotatable bonds is 11. The lowest BCUT2D eigenvalue weighted by Crippen LogP contribution is -2.50. The number of hydrogen-bond acceptors (Lipinski definition) is 4. The number of carbonyl (C=O) groups excluding carboxylic acids is 4. The number of nitrogens with zero attached hydrogens (tertiary/aromatic N) is 2. The molecule has 202 valence electrons. The average molecular weight is 566 g/mol. The molecule has 1 N–H and O–H groups in total. The zero-order valence-corrected chi connectivity index (χ0v) is 23.0. The Hall–Kier alpha value is -3.68. The van der Waals surface area contributed by atoms with E-state index in [1.165, 1.54) is 9.80 Å². The van der Waals surface area contributed by atoms with Gasteiger partial charge >= 0.3 is 0 Å². The lowest BCUT2D eigenvalue weighted by molar-refractivity contribution is -0.141. The highest BCUT2D eigenvalue weighted by molar-refractivity contribution is 6.36. The van der Waals surface area contributed by atoms with E-state index in [1.807, 2.05) is 37.3 Å². The summed E-state index contributed by atoms with van der Waals surface area (Å²) in [5, 5.41) is 3.62. The maximum atomic E-state index is 13.7. The molecule has 0 radical (unpaired) electrons. The van der Waals surface area contributed by atoms with Crippen molar-refractivity contribution in [3.8, 4) is 0 Å². The van der Waals surface area contributed by atoms with Gasteiger partial charge in [0, 0.05) is 48.1 Å². The van der Waals surface area contributed by atoms with Crippen LogP contribution in [0.15, 0.2) is 72.8 Å². The van der Waals surface area contributed by atoms with Crippen LogP contribution in [0.2, 0.25) is 10.0 Å². The van der Waals surface area contributed by atoms with Crippen molar-refractivity contribution in [3.63, 3.8) is 0 Å². The molecule has 7 nitrogen and oxygen atoms in total. The second-order valence-electron chi connectivity index (χ2n) is 9.23. The summed E-state index contributed by atoms with van der Waals surface area (Å²) in [6.07, 6.45) is 0.545. The number of fused-ring (bicyclic) bond motifs is 1. The van der Waals surface area contributed by atoms with E-state index >= 15 is 0 Å². The van der Waals surface area contributed by atoms with Crippen molar-refractivity contribution in [1.29, 1.82) is 0 Å². The fourth-order valence-electron chi connectivity index (χ4n) is 4.67. The Kier molecular flexibility index (Phi) is 9.38. The van der Waals surface area contributed by atoms with Gasteiger partial charge in [0.1, 0.15) is 6.04 Å². The molecule has 0 saturated heterocycles. The fraction of sp³-hybridized carbons (Fsp3) is 0.267. The molecule has 0 bridgehead atoms. The summed E-state index contributed by atoms with van der Waals surface area (Å²) in [4.78, 5) is 55.1. The number of likely N-dealkylation sites (N-methyl/N-ethyl adjacent to an activating group) is 1. The van der Waals surface area contributed by atoms with Gasteiger partial charge in [0.2, 0.25) is 11.8 Å². The van der Waals surface area contributed by atoms with Crippen LogP contribution >= 0.6 is 23.2 Å². The van der Waals surface area contributed by atoms with Gasteiger partial charge < -0.3 is 10.2 Å². The third-order valence-corrected chi connectivity index (χ3v) is 7.37. The SMILES string of the molecule is CCNC(=O)[C@@H](Cc1ccccc1)N(Cc1c(Cl)cccc1Cl)C(=O)CCCN1C(=O)c2ccccc2C1=O. The van der Waals surface area contributed by atoms with Crippen LogP contribution in [0.1, 0.15) is 51.6 Å². The van der Waals surface area contributed by atoms with Crippen LogP contribution in [0.4, 0.5) is 0 Å². The van der Waals surface area contributed by atoms with Crippen LogP contribution in [-0.4, -0.2) is 52.6 Å². The van der Waals surface area contributed by atoms with E-state index in [2.05, 4.69) is 5.32 Å². The van der Waals surface area contributed by atoms with E-state index < -0.39 is 6.04 Å². The van der Waals surface area contributed by atoms with Gasteiger partial charge in [-0.05, 0) is 43.2 Å². The zero-order chi connectivity index (χ0) is 27.9. The quantitative estimate of drug-likeness (QED) is 0.326. The molecule has 0 unspecified atom stereocenters. The minimum Gasteiger partial charge on any atom is -0.355 e. The number of nitrogens with one attached hydrogen (secondary N) is 1. The summed E-state index contributed by atoms with van der Waals surface area (Å²) in [5.74, 6) is -1.34. The van der Waals surface area contributed by atoms with Crippen LogP contribution < -0.4 is 5.32 Å². The molecule has 3 aromatic rings. The number of imide groups is 1. The van der Waals surface area contributed by atoms with Gasteiger partial charge in [-0.3, -0.25) is 24.1 Å². The highest BCUT2D eigenvalue weighted by atomic mass is 35.5. The van der Waals surface area contributed by atoms with E-state index in [0.29, 0.717) is 39.7 Å². The number of benzene rings is 3. The minimum atomic E-state index is -0.827. The highest BCUT2D eigenvalue weighted by Crippen LogP contribution is 2.28. The van der Waals surface area contributed by atoms with Gasteiger partial charge in [-0.15, -0.1) is 0 Å². The smallest absolute Gasteiger partial charge is 0.261 e. The van der Waals surface area contributed by atoms with Gasteiger partial charge in [0.25, 0.3) is 11.8 Å². The molecule has 9 heteroatoms. The van der Waals surface area contributed by atoms with Crippen LogP contribution in [0.25, 0.3) is 0 Å². The van der Waals surface area contributed by atoms with Crippen LogP contribution in [0, 0.1) is 0 Å². The summed E-state index contributed by atoms with van der Waals surface area (Å²) in [7, 11) is 0. The molecule has 0 aliphatic carbocycles. The maximum Gasteiger partial charge on any atom is 0.261 e. The number of amides is 4. The van der Waals surface area contributed by atoms with Crippen molar-refractivity contribution in [1.82, 2.24) is 15.1 Å². The highest BCUT2D eigenvalue weighted by Gasteiger charge is 2.35. The zero-order valence-electron chi connectivity index (χ0n) is 21.5. The Morgan fingerprint density at radius 3 is 2.05 bits per heavy atom. The molecule has 0 saturated carbocycles. The van der Waals surface area contributed by atoms with E-state index in [4.69, 9.17) is 23.2 Å². The molecule has 0 aromatic heterocycles. The van der Waals surface area contributed by atoms with Crippen LogP contribution in [0.3, 0.4) is 0 Å². The Labute approximate surface area is 237 Å². The largest absolute Gasteiger partial charge is 0.355 e. The molecule has 4 rings (SSSR count). The molecular weight excluding hydrogens is 537 g/mol. The second-order valence-corrected chi connectivity index (χ2v) is 10.0. The number of hydrogen-bond donors (Lipinski definition) is 1. The number of halogens is 2. The molecule has 39 heavy (non-hydrogen) atoms. The Bertz CT molecular complexity index is 1320. The summed E-state index contributed by atoms with van der Waals surface area (Å²) < 4.78 is 0. The standard InChI is InChI=1S/C30H29Cl2N3O4/c1-2-33-28(37)26(18-20-10-4-3-5-11-20)35(19-23-24(31)14-8-15-25(23)32)27(36)16-9-17-34-29(38)21-12-6-7-13-22(21)30(34)39/h3-8,10-15,26H,2,9,16-19H2,1H3,(H,33,37)/t26-/m1/s1. The summed E-state index contributed by atoms with van der Waals surface area (Å²) >= 11 is 12.9. The Balaban J connectivity index is 1.56. The summed E-state index contributed by atoms with van der Waals surface area (Å²) in [6, 6.07) is 20.4. The average Bonchev–Trinajstić information content (AvgIpc) is 3.17. The summed E-state index contributed by atoms with van der Waals surface area (Å²) in [5.41, 5.74) is 2.16. The van der Waals surface area contributed by atoms with Gasteiger partial charge in [0.15, 0.2) is 0 Å². The lowest BCUT2D eigenvalue weighted by Gasteiger charge is -2.32. The van der Waals surface area contributed by atoms with Gasteiger partial charge in [-0.1, -0.05) is 71.7 Å². The maximum absolute atomic E-state index is 13.7. The first-order chi connectivity index (χ1) is 18.8. The van der Waals surface area contributed by atoms with E-state index in [0.717, 1.165) is 5.56 Å². The van der Waals surface area contributed by atoms with Gasteiger partial charge in [-0.25, -0.2) is 0 Å². The Morgan fingerprint density at radius 1 is 0.872 bits per heavy atom. The molecular formula is C30H29Cl2N3O4. The molecule has 1 atom stereocenters. The van der Waals surface area contributed by atoms with Crippen molar-refractivity contribution in [3.05, 3.63) is 105 Å². The predicted octanol–water partition coefficient (Wildman–Crippen LogP) is 5.15. The van der Waals surface area contributed by atoms with Crippen molar-refractivity contribution in [2.45, 2.75) is 38.8 Å². The molecule has 0 spiro atoms. The molecule has 4 amide bonds. The summed E-state index contributed by atoms with van der Waals surface area (Å²) in [6.45, 7) is 2.33. The fourth-order valence-corrected chi connectivity index (χ4v) is 5.19.